The number of ether oxygens (including phenoxy) is 1. The highest BCUT2D eigenvalue weighted by Crippen LogP contribution is 2.31. The fourth-order valence-electron chi connectivity index (χ4n) is 1.37. The van der Waals surface area contributed by atoms with Gasteiger partial charge in [0.1, 0.15) is 6.61 Å². The fraction of sp³-hybridized carbons (Fsp3) is 0.222. The van der Waals surface area contributed by atoms with E-state index >= 15 is 0 Å². The lowest BCUT2D eigenvalue weighted by Crippen LogP contribution is -2.01. The van der Waals surface area contributed by atoms with Crippen LogP contribution < -0.4 is 4.74 Å². The number of aromatic nitrogens is 2. The van der Waals surface area contributed by atoms with Gasteiger partial charge in [0.15, 0.2) is 5.75 Å². The normalized spacial score (nSPS) is 10.6. The van der Waals surface area contributed by atoms with Gasteiger partial charge in [-0.05, 0) is 0 Å². The van der Waals surface area contributed by atoms with Crippen molar-refractivity contribution < 1.29 is 9.66 Å². The Bertz CT molecular complexity index is 526. The second-order valence-electron chi connectivity index (χ2n) is 3.07. The van der Waals surface area contributed by atoms with E-state index in [1.165, 1.54) is 12.3 Å². The van der Waals surface area contributed by atoms with Gasteiger partial charge < -0.3 is 4.74 Å². The van der Waals surface area contributed by atoms with Gasteiger partial charge in [-0.15, -0.1) is 11.6 Å². The van der Waals surface area contributed by atoms with Crippen LogP contribution in [0.25, 0.3) is 10.9 Å². The van der Waals surface area contributed by atoms with Gasteiger partial charge in [0, 0.05) is 17.5 Å². The van der Waals surface area contributed by atoms with Crippen LogP contribution in [0.15, 0.2) is 18.3 Å². The summed E-state index contributed by atoms with van der Waals surface area (Å²) in [7, 11) is 0. The standard InChI is InChI=1S/C9H8ClN3O3/c10-1-2-16-9-4-7-6(5-11-12-7)3-8(9)13(14)15/h3-5H,1-2H2,(H,11,12). The number of H-pyrrole nitrogens is 1. The molecule has 2 rings (SSSR count). The van der Waals surface area contributed by atoms with E-state index in [0.717, 1.165) is 0 Å². The number of nitrogens with one attached hydrogen (secondary N) is 1. The topological polar surface area (TPSA) is 81.0 Å². The molecule has 0 bridgehead atoms. The molecule has 1 N–H and O–H groups in total. The number of nitrogens with zero attached hydrogens (tertiary/aromatic N) is 2. The van der Waals surface area contributed by atoms with Crippen LogP contribution in [0.5, 0.6) is 5.75 Å². The van der Waals surface area contributed by atoms with Crippen molar-refractivity contribution in [2.24, 2.45) is 0 Å². The van der Waals surface area contributed by atoms with Crippen LogP contribution in [0, 0.1) is 10.1 Å². The zero-order valence-corrected chi connectivity index (χ0v) is 8.90. The van der Waals surface area contributed by atoms with E-state index in [2.05, 4.69) is 10.2 Å². The molecule has 0 saturated heterocycles. The smallest absolute Gasteiger partial charge is 0.311 e. The summed E-state index contributed by atoms with van der Waals surface area (Å²) in [5.41, 5.74) is 0.606. The Morgan fingerprint density at radius 1 is 1.56 bits per heavy atom. The third-order valence-corrected chi connectivity index (χ3v) is 2.21. The maximum absolute atomic E-state index is 10.8. The molecule has 1 aromatic heterocycles. The SMILES string of the molecule is O=[N+]([O-])c1cc2cn[nH]c2cc1OCCCl. The minimum Gasteiger partial charge on any atom is -0.485 e. The molecule has 0 unspecified atom stereocenters. The van der Waals surface area contributed by atoms with Crippen LogP contribution in [0.4, 0.5) is 5.69 Å². The van der Waals surface area contributed by atoms with Crippen molar-refractivity contribution in [3.05, 3.63) is 28.4 Å². The average Bonchev–Trinajstić information content (AvgIpc) is 2.71. The predicted molar refractivity (Wildman–Crippen MR) is 59.0 cm³/mol. The van der Waals surface area contributed by atoms with Gasteiger partial charge in [-0.1, -0.05) is 0 Å². The first kappa shape index (κ1) is 10.7. The summed E-state index contributed by atoms with van der Waals surface area (Å²) in [6.45, 7) is 0.224. The third-order valence-electron chi connectivity index (χ3n) is 2.05. The summed E-state index contributed by atoms with van der Waals surface area (Å²) in [6, 6.07) is 2.97. The first-order valence-electron chi connectivity index (χ1n) is 4.52. The van der Waals surface area contributed by atoms with Gasteiger partial charge in [0.05, 0.1) is 22.5 Å². The number of hydrogen-bond donors (Lipinski definition) is 1. The van der Waals surface area contributed by atoms with E-state index in [9.17, 15) is 10.1 Å². The lowest BCUT2D eigenvalue weighted by Gasteiger charge is -2.04. The molecule has 6 nitrogen and oxygen atoms in total. The monoisotopic (exact) mass is 241 g/mol. The van der Waals surface area contributed by atoms with Gasteiger partial charge in [-0.3, -0.25) is 15.2 Å². The summed E-state index contributed by atoms with van der Waals surface area (Å²) in [5, 5.41) is 18.0. The minimum atomic E-state index is -0.490. The van der Waals surface area contributed by atoms with Gasteiger partial charge in [-0.2, -0.15) is 5.10 Å². The van der Waals surface area contributed by atoms with Crippen molar-refractivity contribution in [1.82, 2.24) is 10.2 Å². The lowest BCUT2D eigenvalue weighted by molar-refractivity contribution is -0.385. The first-order chi connectivity index (χ1) is 7.72. The maximum atomic E-state index is 10.8. The van der Waals surface area contributed by atoms with Gasteiger partial charge >= 0.3 is 5.69 Å². The van der Waals surface area contributed by atoms with Crippen molar-refractivity contribution in [1.29, 1.82) is 0 Å². The first-order valence-corrected chi connectivity index (χ1v) is 5.06. The molecule has 16 heavy (non-hydrogen) atoms. The highest BCUT2D eigenvalue weighted by Gasteiger charge is 2.17. The molecule has 1 heterocycles. The molecule has 0 spiro atoms. The molecule has 0 amide bonds. The highest BCUT2D eigenvalue weighted by atomic mass is 35.5. The van der Waals surface area contributed by atoms with E-state index in [1.807, 2.05) is 0 Å². The number of alkyl halides is 1. The van der Waals surface area contributed by atoms with Crippen molar-refractivity contribution >= 4 is 28.2 Å². The van der Waals surface area contributed by atoms with E-state index in [4.69, 9.17) is 16.3 Å². The summed E-state index contributed by atoms with van der Waals surface area (Å²) in [6.07, 6.45) is 1.52. The summed E-state index contributed by atoms with van der Waals surface area (Å²) < 4.78 is 5.20. The Labute approximate surface area is 95.3 Å². The number of benzene rings is 1. The number of nitro groups is 1. The van der Waals surface area contributed by atoms with Crippen LogP contribution in [0.2, 0.25) is 0 Å². The zero-order valence-electron chi connectivity index (χ0n) is 8.14. The second-order valence-corrected chi connectivity index (χ2v) is 3.45. The van der Waals surface area contributed by atoms with Crippen molar-refractivity contribution in [2.75, 3.05) is 12.5 Å². The summed E-state index contributed by atoms with van der Waals surface area (Å²) in [5.74, 6) is 0.473. The summed E-state index contributed by atoms with van der Waals surface area (Å²) >= 11 is 5.47. The molecule has 84 valence electrons. The van der Waals surface area contributed by atoms with Crippen molar-refractivity contribution in [3.8, 4) is 5.75 Å². The summed E-state index contributed by atoms with van der Waals surface area (Å²) in [4.78, 5) is 10.3. The van der Waals surface area contributed by atoms with Crippen molar-refractivity contribution in [2.45, 2.75) is 0 Å². The number of aromatic amines is 1. The van der Waals surface area contributed by atoms with E-state index in [1.54, 1.807) is 6.07 Å². The van der Waals surface area contributed by atoms with Gasteiger partial charge in [0.2, 0.25) is 0 Å². The molecule has 0 aliphatic heterocycles. The Morgan fingerprint density at radius 3 is 3.06 bits per heavy atom. The Balaban J connectivity index is 2.49. The van der Waals surface area contributed by atoms with Gasteiger partial charge in [-0.25, -0.2) is 0 Å². The Hall–Kier alpha value is -1.82. The van der Waals surface area contributed by atoms with Crippen LogP contribution in [-0.4, -0.2) is 27.6 Å². The molecule has 0 aliphatic carbocycles. The maximum Gasteiger partial charge on any atom is 0.311 e. The number of rotatable bonds is 4. The fourth-order valence-corrected chi connectivity index (χ4v) is 1.44. The number of nitro benzene ring substituents is 1. The molecule has 0 saturated carbocycles. The number of fused-ring (bicyclic) bond motifs is 1. The molecular weight excluding hydrogens is 234 g/mol. The molecule has 0 aliphatic rings. The van der Waals surface area contributed by atoms with Crippen LogP contribution in [-0.2, 0) is 0 Å². The van der Waals surface area contributed by atoms with Crippen molar-refractivity contribution in [3.63, 3.8) is 0 Å². The number of hydrogen-bond acceptors (Lipinski definition) is 4. The molecule has 1 aromatic carbocycles. The quantitative estimate of drug-likeness (QED) is 0.505. The van der Waals surface area contributed by atoms with E-state index in [0.29, 0.717) is 10.9 Å². The van der Waals surface area contributed by atoms with E-state index in [-0.39, 0.29) is 23.9 Å². The average molecular weight is 242 g/mol. The molecule has 0 radical (unpaired) electrons. The third kappa shape index (κ3) is 1.92. The van der Waals surface area contributed by atoms with Gasteiger partial charge in [0.25, 0.3) is 0 Å². The lowest BCUT2D eigenvalue weighted by atomic mass is 10.2. The highest BCUT2D eigenvalue weighted by molar-refractivity contribution is 6.18. The Morgan fingerprint density at radius 2 is 2.38 bits per heavy atom. The Kier molecular flexibility index (Phi) is 2.91. The molecule has 0 fully saturated rings. The molecule has 0 atom stereocenters. The molecular formula is C9H8ClN3O3. The number of halogens is 1. The second kappa shape index (κ2) is 4.36. The molecule has 7 heteroatoms. The predicted octanol–water partition coefficient (Wildman–Crippen LogP) is 2.09. The minimum absolute atomic E-state index is 0.0842. The van der Waals surface area contributed by atoms with Crippen LogP contribution >= 0.6 is 11.6 Å². The zero-order chi connectivity index (χ0) is 11.5. The largest absolute Gasteiger partial charge is 0.485 e. The molecule has 2 aromatic rings. The van der Waals surface area contributed by atoms with E-state index < -0.39 is 4.92 Å². The van der Waals surface area contributed by atoms with Crippen LogP contribution in [0.1, 0.15) is 0 Å². The van der Waals surface area contributed by atoms with Crippen LogP contribution in [0.3, 0.4) is 0 Å².